The van der Waals surface area contributed by atoms with Crippen LogP contribution in [0.15, 0.2) is 90.7 Å². The Labute approximate surface area is 234 Å². The topological polar surface area (TPSA) is 87.6 Å². The summed E-state index contributed by atoms with van der Waals surface area (Å²) >= 11 is 1.43. The molecule has 39 heavy (non-hydrogen) atoms. The van der Waals surface area contributed by atoms with Crippen molar-refractivity contribution < 1.29 is 14.6 Å². The van der Waals surface area contributed by atoms with Gasteiger partial charge < -0.3 is 15.2 Å². The summed E-state index contributed by atoms with van der Waals surface area (Å²) < 4.78 is 5.41. The molecule has 0 radical (unpaired) electrons. The van der Waals surface area contributed by atoms with Gasteiger partial charge in [-0.05, 0) is 35.6 Å². The zero-order valence-corrected chi connectivity index (χ0v) is 23.3. The highest BCUT2D eigenvalue weighted by Crippen LogP contribution is 2.19. The Hall–Kier alpha value is -3.59. The summed E-state index contributed by atoms with van der Waals surface area (Å²) in [7, 11) is 0. The molecule has 0 spiro atoms. The Balaban J connectivity index is 1.43. The van der Waals surface area contributed by atoms with E-state index in [1.807, 2.05) is 48.5 Å². The van der Waals surface area contributed by atoms with Crippen molar-refractivity contribution in [3.8, 4) is 11.3 Å². The number of ether oxygens (including phenoxy) is 1. The van der Waals surface area contributed by atoms with Crippen LogP contribution in [0.2, 0.25) is 0 Å². The van der Waals surface area contributed by atoms with E-state index in [1.54, 1.807) is 17.9 Å². The van der Waals surface area contributed by atoms with Gasteiger partial charge in [-0.15, -0.1) is 11.3 Å². The van der Waals surface area contributed by atoms with Crippen molar-refractivity contribution in [1.82, 2.24) is 20.2 Å². The molecule has 4 rings (SSSR count). The molecule has 204 valence electrons. The lowest BCUT2D eigenvalue weighted by molar-refractivity contribution is 0.0647. The molecule has 0 fully saturated rings. The number of carbonyl (C=O) groups excluding carboxylic acids is 1. The Morgan fingerprint density at radius 2 is 1.77 bits per heavy atom. The van der Waals surface area contributed by atoms with Gasteiger partial charge in [-0.3, -0.25) is 14.9 Å². The lowest BCUT2D eigenvalue weighted by Gasteiger charge is -2.31. The quantitative estimate of drug-likeness (QED) is 0.229. The van der Waals surface area contributed by atoms with Gasteiger partial charge in [0.25, 0.3) is 0 Å². The molecule has 2 atom stereocenters. The van der Waals surface area contributed by atoms with E-state index in [2.05, 4.69) is 58.3 Å². The molecule has 2 N–H and O–H groups in total. The fourth-order valence-corrected chi connectivity index (χ4v) is 4.98. The summed E-state index contributed by atoms with van der Waals surface area (Å²) in [5.41, 5.74) is 5.90. The number of carbonyl (C=O) groups is 1. The summed E-state index contributed by atoms with van der Waals surface area (Å²) in [6.07, 6.45) is 2.62. The van der Waals surface area contributed by atoms with Gasteiger partial charge in [0.1, 0.15) is 6.61 Å². The van der Waals surface area contributed by atoms with Crippen molar-refractivity contribution in [2.75, 3.05) is 13.1 Å². The van der Waals surface area contributed by atoms with Crippen LogP contribution in [-0.4, -0.2) is 51.3 Å². The molecular formula is C31H36N4O3S. The second-order valence-corrected chi connectivity index (χ2v) is 11.0. The van der Waals surface area contributed by atoms with Gasteiger partial charge >= 0.3 is 6.09 Å². The molecule has 0 unspecified atom stereocenters. The monoisotopic (exact) mass is 544 g/mol. The molecule has 0 aliphatic carbocycles. The van der Waals surface area contributed by atoms with E-state index in [4.69, 9.17) is 4.74 Å². The standard InChI is InChI=1S/C31H36N4O3S/c1-23(2)18-35(19-25-11-13-26(14-12-25)28-10-6-7-15-33-28)20-30(36)29(16-24-8-4-3-5-9-24)34-31(37)38-21-27-17-32-22-39-27/h3-15,17,22-23,29-30,36H,16,18-21H2,1-2H3,(H,34,37)/t29-,30-/m0/s1. The summed E-state index contributed by atoms with van der Waals surface area (Å²) in [5.74, 6) is 0.412. The fourth-order valence-electron chi connectivity index (χ4n) is 4.48. The number of thiazole rings is 1. The van der Waals surface area contributed by atoms with Crippen molar-refractivity contribution in [1.29, 1.82) is 0 Å². The van der Waals surface area contributed by atoms with Crippen LogP contribution in [0.1, 0.15) is 29.9 Å². The van der Waals surface area contributed by atoms with Crippen molar-refractivity contribution in [3.63, 3.8) is 0 Å². The SMILES string of the molecule is CC(C)CN(Cc1ccc(-c2ccccn2)cc1)C[C@H](O)[C@H](Cc1ccccc1)NC(=O)OCc1cncs1. The minimum absolute atomic E-state index is 0.151. The van der Waals surface area contributed by atoms with Crippen LogP contribution in [0.5, 0.6) is 0 Å². The second kappa shape index (κ2) is 14.5. The van der Waals surface area contributed by atoms with Crippen LogP contribution in [0.4, 0.5) is 4.79 Å². The first-order valence-corrected chi connectivity index (χ1v) is 14.1. The number of nitrogens with one attached hydrogen (secondary N) is 1. The van der Waals surface area contributed by atoms with Gasteiger partial charge in [0, 0.05) is 37.6 Å². The number of alkyl carbamates (subject to hydrolysis) is 1. The largest absolute Gasteiger partial charge is 0.444 e. The number of hydrogen-bond acceptors (Lipinski definition) is 7. The highest BCUT2D eigenvalue weighted by atomic mass is 32.1. The lowest BCUT2D eigenvalue weighted by Crippen LogP contribution is -2.50. The maximum atomic E-state index is 12.7. The first-order valence-electron chi connectivity index (χ1n) is 13.2. The molecule has 0 saturated heterocycles. The molecule has 2 aromatic heterocycles. The number of rotatable bonds is 13. The number of benzene rings is 2. The van der Waals surface area contributed by atoms with E-state index in [9.17, 15) is 9.90 Å². The highest BCUT2D eigenvalue weighted by molar-refractivity contribution is 7.09. The average Bonchev–Trinajstić information content (AvgIpc) is 3.46. The zero-order chi connectivity index (χ0) is 27.5. The fraction of sp³-hybridized carbons (Fsp3) is 0.323. The zero-order valence-electron chi connectivity index (χ0n) is 22.4. The number of nitrogens with zero attached hydrogens (tertiary/aromatic N) is 3. The summed E-state index contributed by atoms with van der Waals surface area (Å²) in [6, 6.07) is 23.6. The number of amides is 1. The van der Waals surface area contributed by atoms with Crippen LogP contribution in [0, 0.1) is 5.92 Å². The number of hydrogen-bond donors (Lipinski definition) is 2. The minimum Gasteiger partial charge on any atom is -0.444 e. The van der Waals surface area contributed by atoms with Gasteiger partial charge in [-0.25, -0.2) is 4.79 Å². The van der Waals surface area contributed by atoms with E-state index in [-0.39, 0.29) is 6.61 Å². The van der Waals surface area contributed by atoms with E-state index >= 15 is 0 Å². The molecule has 0 aliphatic heterocycles. The Morgan fingerprint density at radius 3 is 2.44 bits per heavy atom. The van der Waals surface area contributed by atoms with E-state index < -0.39 is 18.2 Å². The highest BCUT2D eigenvalue weighted by Gasteiger charge is 2.25. The van der Waals surface area contributed by atoms with Gasteiger partial charge in [0.15, 0.2) is 0 Å². The van der Waals surface area contributed by atoms with Crippen LogP contribution in [-0.2, 0) is 24.3 Å². The van der Waals surface area contributed by atoms with Crippen molar-refractivity contribution in [2.24, 2.45) is 5.92 Å². The van der Waals surface area contributed by atoms with Crippen molar-refractivity contribution in [3.05, 3.63) is 107 Å². The number of pyridine rings is 1. The van der Waals surface area contributed by atoms with Gasteiger partial charge in [-0.1, -0.05) is 74.5 Å². The number of aliphatic hydroxyl groups excluding tert-OH is 1. The van der Waals surface area contributed by atoms with Gasteiger partial charge in [-0.2, -0.15) is 0 Å². The van der Waals surface area contributed by atoms with Gasteiger partial charge in [0.2, 0.25) is 0 Å². The third-order valence-corrected chi connectivity index (χ3v) is 7.04. The first kappa shape index (κ1) is 28.4. The van der Waals surface area contributed by atoms with Crippen LogP contribution in [0.25, 0.3) is 11.3 Å². The van der Waals surface area contributed by atoms with Crippen LogP contribution < -0.4 is 5.32 Å². The average molecular weight is 545 g/mol. The van der Waals surface area contributed by atoms with E-state index in [0.29, 0.717) is 25.4 Å². The van der Waals surface area contributed by atoms with E-state index in [0.717, 1.165) is 33.8 Å². The number of aliphatic hydroxyl groups is 1. The van der Waals surface area contributed by atoms with Crippen molar-refractivity contribution >= 4 is 17.4 Å². The Kier molecular flexibility index (Phi) is 10.6. The van der Waals surface area contributed by atoms with Gasteiger partial charge in [0.05, 0.1) is 28.2 Å². The third-order valence-electron chi connectivity index (χ3n) is 6.28. The molecule has 1 amide bonds. The van der Waals surface area contributed by atoms with Crippen LogP contribution in [0.3, 0.4) is 0 Å². The Bertz CT molecular complexity index is 1250. The summed E-state index contributed by atoms with van der Waals surface area (Å²) in [5, 5.41) is 14.3. The summed E-state index contributed by atoms with van der Waals surface area (Å²) in [4.78, 5) is 24.2. The minimum atomic E-state index is -0.798. The molecule has 7 nitrogen and oxygen atoms in total. The molecule has 8 heteroatoms. The van der Waals surface area contributed by atoms with Crippen molar-refractivity contribution in [2.45, 2.75) is 45.6 Å². The third kappa shape index (κ3) is 9.28. The normalized spacial score (nSPS) is 12.8. The second-order valence-electron chi connectivity index (χ2n) is 10.1. The van der Waals surface area contributed by atoms with Crippen LogP contribution >= 0.6 is 11.3 Å². The molecule has 2 heterocycles. The molecule has 2 aromatic carbocycles. The molecule has 0 bridgehead atoms. The maximum absolute atomic E-state index is 12.7. The Morgan fingerprint density at radius 1 is 1.00 bits per heavy atom. The molecule has 0 aliphatic rings. The first-order chi connectivity index (χ1) is 19.0. The molecule has 0 saturated carbocycles. The summed E-state index contributed by atoms with van der Waals surface area (Å²) in [6.45, 7) is 6.39. The maximum Gasteiger partial charge on any atom is 0.407 e. The molecular weight excluding hydrogens is 508 g/mol. The lowest BCUT2D eigenvalue weighted by atomic mass is 10.00. The smallest absolute Gasteiger partial charge is 0.407 e. The predicted octanol–water partition coefficient (Wildman–Crippen LogP) is 5.56. The number of aromatic nitrogens is 2. The van der Waals surface area contributed by atoms with E-state index in [1.165, 1.54) is 11.3 Å². The predicted molar refractivity (Wildman–Crippen MR) is 155 cm³/mol. The molecule has 4 aromatic rings.